The maximum atomic E-state index is 9.06. The predicted octanol–water partition coefficient (Wildman–Crippen LogP) is 1.47. The second kappa shape index (κ2) is 13.5. The predicted molar refractivity (Wildman–Crippen MR) is 75.3 cm³/mol. The molecule has 4 nitrogen and oxygen atoms in total. The van der Waals surface area contributed by atoms with Crippen LogP contribution in [0.5, 0.6) is 0 Å². The van der Waals surface area contributed by atoms with Crippen LogP contribution in [0.2, 0.25) is 0 Å². The minimum Gasteiger partial charge on any atom is -0.362 e. The summed E-state index contributed by atoms with van der Waals surface area (Å²) in [5.41, 5.74) is 0. The minimum absolute atomic E-state index is 0.625. The van der Waals surface area contributed by atoms with Gasteiger partial charge in [0.2, 0.25) is 6.41 Å². The molecule has 1 rings (SSSR count). The molecule has 1 fully saturated rings. The molecule has 1 saturated heterocycles. The Labute approximate surface area is 107 Å². The quantitative estimate of drug-likeness (QED) is 0.737. The van der Waals surface area contributed by atoms with Crippen molar-refractivity contribution in [3.63, 3.8) is 0 Å². The smallest absolute Gasteiger partial charge is 0.206 e. The van der Waals surface area contributed by atoms with Crippen LogP contribution in [0.4, 0.5) is 0 Å². The Morgan fingerprint density at radius 3 is 2.18 bits per heavy atom. The average Bonchev–Trinajstić information content (AvgIpc) is 2.75. The number of hydrogen-bond donors (Lipinski definition) is 2. The first-order valence-electron chi connectivity index (χ1n) is 6.61. The number of rotatable bonds is 4. The van der Waals surface area contributed by atoms with E-state index in [1.165, 1.54) is 25.8 Å². The summed E-state index contributed by atoms with van der Waals surface area (Å²) in [6.07, 6.45) is 4.66. The van der Waals surface area contributed by atoms with Crippen LogP contribution in [0.25, 0.3) is 0 Å². The Bertz CT molecular complexity index is 163. The first kappa shape index (κ1) is 18.7. The number of hydrogen-bond acceptors (Lipinski definition) is 3. The van der Waals surface area contributed by atoms with Crippen LogP contribution in [0.3, 0.4) is 0 Å². The van der Waals surface area contributed by atoms with Gasteiger partial charge in [-0.1, -0.05) is 13.8 Å². The monoisotopic (exact) mass is 245 g/mol. The van der Waals surface area contributed by atoms with Crippen molar-refractivity contribution < 1.29 is 4.79 Å². The molecule has 104 valence electrons. The highest BCUT2D eigenvalue weighted by atomic mass is 16.1. The van der Waals surface area contributed by atoms with Crippen molar-refractivity contribution in [3.05, 3.63) is 0 Å². The standard InChI is InChI=1S/C9H20N2.C2H5NO.C2H6/c1-8-4-5-9(10-8)6-7-11(2)3;1-3-2-4;1-2/h8-10H,4-7H2,1-3H3;2H,1H3,(H,3,4);1-2H3. The third kappa shape index (κ3) is 13.3. The molecule has 0 aromatic carbocycles. The van der Waals surface area contributed by atoms with E-state index >= 15 is 0 Å². The molecule has 0 aromatic heterocycles. The zero-order valence-electron chi connectivity index (χ0n) is 12.4. The van der Waals surface area contributed by atoms with Crippen LogP contribution in [-0.4, -0.2) is 51.1 Å². The van der Waals surface area contributed by atoms with Gasteiger partial charge in [-0.15, -0.1) is 0 Å². The second-order valence-electron chi connectivity index (χ2n) is 4.34. The number of nitrogens with zero attached hydrogens (tertiary/aromatic N) is 1. The van der Waals surface area contributed by atoms with Crippen LogP contribution in [0.1, 0.15) is 40.0 Å². The number of carbonyl (C=O) groups is 1. The van der Waals surface area contributed by atoms with Crippen molar-refractivity contribution in [1.82, 2.24) is 15.5 Å². The Hall–Kier alpha value is -0.610. The van der Waals surface area contributed by atoms with Gasteiger partial charge in [-0.25, -0.2) is 0 Å². The molecule has 2 N–H and O–H groups in total. The highest BCUT2D eigenvalue weighted by Gasteiger charge is 2.19. The maximum absolute atomic E-state index is 9.06. The Kier molecular flexibility index (Phi) is 14.8. The van der Waals surface area contributed by atoms with Crippen LogP contribution in [0.15, 0.2) is 0 Å². The zero-order chi connectivity index (χ0) is 13.7. The number of carbonyl (C=O) groups excluding carboxylic acids is 1. The minimum atomic E-state index is 0.625. The lowest BCUT2D eigenvalue weighted by atomic mass is 10.1. The Morgan fingerprint density at radius 1 is 1.35 bits per heavy atom. The van der Waals surface area contributed by atoms with E-state index in [2.05, 4.69) is 36.6 Å². The lowest BCUT2D eigenvalue weighted by Gasteiger charge is -2.14. The van der Waals surface area contributed by atoms with Crippen molar-refractivity contribution in [2.75, 3.05) is 27.7 Å². The van der Waals surface area contributed by atoms with Crippen molar-refractivity contribution in [2.24, 2.45) is 0 Å². The normalized spacial score (nSPS) is 22.1. The van der Waals surface area contributed by atoms with Gasteiger partial charge >= 0.3 is 0 Å². The second-order valence-corrected chi connectivity index (χ2v) is 4.34. The fourth-order valence-electron chi connectivity index (χ4n) is 1.66. The molecular weight excluding hydrogens is 214 g/mol. The van der Waals surface area contributed by atoms with Gasteiger partial charge in [0.05, 0.1) is 0 Å². The van der Waals surface area contributed by atoms with E-state index < -0.39 is 0 Å². The highest BCUT2D eigenvalue weighted by Crippen LogP contribution is 2.14. The summed E-state index contributed by atoms with van der Waals surface area (Å²) in [6, 6.07) is 1.54. The van der Waals surface area contributed by atoms with Crippen molar-refractivity contribution >= 4 is 6.41 Å². The summed E-state index contributed by atoms with van der Waals surface area (Å²) in [4.78, 5) is 11.3. The molecule has 1 amide bonds. The molecule has 4 heteroatoms. The lowest BCUT2D eigenvalue weighted by Crippen LogP contribution is -2.30. The third-order valence-corrected chi connectivity index (χ3v) is 2.51. The van der Waals surface area contributed by atoms with Gasteiger partial charge < -0.3 is 15.5 Å². The van der Waals surface area contributed by atoms with Gasteiger partial charge in [-0.05, 0) is 46.8 Å². The Morgan fingerprint density at radius 2 is 1.88 bits per heavy atom. The summed E-state index contributed by atoms with van der Waals surface area (Å²) < 4.78 is 0. The highest BCUT2D eigenvalue weighted by molar-refractivity contribution is 5.44. The maximum Gasteiger partial charge on any atom is 0.206 e. The van der Waals surface area contributed by atoms with Gasteiger partial charge in [0.1, 0.15) is 0 Å². The van der Waals surface area contributed by atoms with Gasteiger partial charge in [0.25, 0.3) is 0 Å². The molecule has 0 spiro atoms. The topological polar surface area (TPSA) is 44.4 Å². The van der Waals surface area contributed by atoms with Crippen LogP contribution in [0, 0.1) is 0 Å². The first-order chi connectivity index (χ1) is 8.10. The van der Waals surface area contributed by atoms with E-state index in [1.54, 1.807) is 7.05 Å². The summed E-state index contributed by atoms with van der Waals surface area (Å²) >= 11 is 0. The van der Waals surface area contributed by atoms with Crippen LogP contribution >= 0.6 is 0 Å². The van der Waals surface area contributed by atoms with Gasteiger partial charge in [-0.3, -0.25) is 4.79 Å². The zero-order valence-corrected chi connectivity index (χ0v) is 12.4. The molecule has 0 saturated carbocycles. The van der Waals surface area contributed by atoms with E-state index in [9.17, 15) is 0 Å². The summed E-state index contributed by atoms with van der Waals surface area (Å²) in [6.45, 7) is 7.49. The fraction of sp³-hybridized carbons (Fsp3) is 0.923. The van der Waals surface area contributed by atoms with Gasteiger partial charge in [0, 0.05) is 19.1 Å². The Balaban J connectivity index is 0. The molecule has 1 heterocycles. The van der Waals surface area contributed by atoms with Crippen molar-refractivity contribution in [3.8, 4) is 0 Å². The third-order valence-electron chi connectivity index (χ3n) is 2.51. The molecule has 1 aliphatic rings. The summed E-state index contributed by atoms with van der Waals surface area (Å²) in [7, 11) is 5.84. The molecule has 0 aromatic rings. The fourth-order valence-corrected chi connectivity index (χ4v) is 1.66. The molecule has 17 heavy (non-hydrogen) atoms. The largest absolute Gasteiger partial charge is 0.362 e. The molecule has 2 unspecified atom stereocenters. The van der Waals surface area contributed by atoms with E-state index in [-0.39, 0.29) is 0 Å². The van der Waals surface area contributed by atoms with Gasteiger partial charge in [0.15, 0.2) is 0 Å². The number of amides is 1. The molecule has 0 aliphatic carbocycles. The van der Waals surface area contributed by atoms with E-state index in [4.69, 9.17) is 4.79 Å². The van der Waals surface area contributed by atoms with E-state index in [1.807, 2.05) is 13.8 Å². The average molecular weight is 245 g/mol. The molecule has 2 atom stereocenters. The first-order valence-corrected chi connectivity index (χ1v) is 6.61. The van der Waals surface area contributed by atoms with Crippen molar-refractivity contribution in [2.45, 2.75) is 52.1 Å². The van der Waals surface area contributed by atoms with Crippen LogP contribution < -0.4 is 10.6 Å². The van der Waals surface area contributed by atoms with E-state index in [0.717, 1.165) is 12.1 Å². The molecule has 0 bridgehead atoms. The molecule has 1 aliphatic heterocycles. The molecule has 0 radical (unpaired) electrons. The SMILES string of the molecule is CC.CC1CCC(CCN(C)C)N1.CNC=O. The van der Waals surface area contributed by atoms with Crippen LogP contribution in [-0.2, 0) is 4.79 Å². The summed E-state index contributed by atoms with van der Waals surface area (Å²) in [5.74, 6) is 0. The number of nitrogens with one attached hydrogen (secondary N) is 2. The summed E-state index contributed by atoms with van der Waals surface area (Å²) in [5, 5.41) is 5.83. The lowest BCUT2D eigenvalue weighted by molar-refractivity contribution is -0.109. The van der Waals surface area contributed by atoms with Gasteiger partial charge in [-0.2, -0.15) is 0 Å². The van der Waals surface area contributed by atoms with E-state index in [0.29, 0.717) is 6.41 Å². The van der Waals surface area contributed by atoms with Crippen molar-refractivity contribution in [1.29, 1.82) is 0 Å². The molecular formula is C13H31N3O.